The molecule has 0 spiro atoms. The highest BCUT2D eigenvalue weighted by atomic mass is 19.4. The van der Waals surface area contributed by atoms with E-state index in [0.29, 0.717) is 18.9 Å². The van der Waals surface area contributed by atoms with Crippen molar-refractivity contribution >= 4 is 5.97 Å². The molecule has 16 heavy (non-hydrogen) atoms. The lowest BCUT2D eigenvalue weighted by Gasteiger charge is -2.08. The smallest absolute Gasteiger partial charge is 0.433 e. The highest BCUT2D eigenvalue weighted by Crippen LogP contribution is 2.39. The molecule has 0 radical (unpaired) electrons. The summed E-state index contributed by atoms with van der Waals surface area (Å²) in [4.78, 5) is 17.6. The third-order valence-corrected chi connectivity index (χ3v) is 2.20. The Kier molecular flexibility index (Phi) is 2.32. The first-order chi connectivity index (χ1) is 7.38. The molecule has 0 saturated heterocycles. The Bertz CT molecular complexity index is 441. The Morgan fingerprint density at radius 1 is 1.38 bits per heavy atom. The standard InChI is InChI=1S/C9H7F3N2O2/c10-9(11,12)6-3-5(8(15)16)13-7(14-6)4-1-2-4/h3-4H,1-2H2,(H,15,16). The summed E-state index contributed by atoms with van der Waals surface area (Å²) in [6, 6.07) is 0.453. The van der Waals surface area contributed by atoms with E-state index in [1.165, 1.54) is 0 Å². The molecule has 1 aromatic rings. The van der Waals surface area contributed by atoms with Crippen LogP contribution in [0.2, 0.25) is 0 Å². The third-order valence-electron chi connectivity index (χ3n) is 2.20. The molecule has 7 heteroatoms. The van der Waals surface area contributed by atoms with Crippen LogP contribution in [0.1, 0.15) is 40.8 Å². The molecule has 0 aromatic carbocycles. The number of aromatic nitrogens is 2. The normalized spacial score (nSPS) is 16.2. The molecule has 0 amide bonds. The van der Waals surface area contributed by atoms with Gasteiger partial charge >= 0.3 is 12.1 Å². The van der Waals surface area contributed by atoms with E-state index in [-0.39, 0.29) is 11.7 Å². The zero-order valence-electron chi connectivity index (χ0n) is 7.95. The summed E-state index contributed by atoms with van der Waals surface area (Å²) in [5.41, 5.74) is -1.80. The molecule has 0 atom stereocenters. The number of alkyl halides is 3. The van der Waals surface area contributed by atoms with Crippen LogP contribution in [0.25, 0.3) is 0 Å². The van der Waals surface area contributed by atoms with Gasteiger partial charge in [-0.15, -0.1) is 0 Å². The van der Waals surface area contributed by atoms with Crippen LogP contribution in [-0.2, 0) is 6.18 Å². The van der Waals surface area contributed by atoms with Crippen LogP contribution in [-0.4, -0.2) is 21.0 Å². The predicted molar refractivity (Wildman–Crippen MR) is 46.0 cm³/mol. The van der Waals surface area contributed by atoms with Crippen molar-refractivity contribution in [3.63, 3.8) is 0 Å². The Balaban J connectivity index is 2.48. The highest BCUT2D eigenvalue weighted by Gasteiger charge is 2.36. The maximum atomic E-state index is 12.4. The van der Waals surface area contributed by atoms with Gasteiger partial charge in [0.15, 0.2) is 5.69 Å². The Hall–Kier alpha value is -1.66. The van der Waals surface area contributed by atoms with Gasteiger partial charge in [-0.05, 0) is 12.8 Å². The molecule has 4 nitrogen and oxygen atoms in total. The Morgan fingerprint density at radius 3 is 2.44 bits per heavy atom. The van der Waals surface area contributed by atoms with Crippen molar-refractivity contribution in [3.05, 3.63) is 23.3 Å². The number of aromatic carboxylic acids is 1. The van der Waals surface area contributed by atoms with E-state index >= 15 is 0 Å². The number of rotatable bonds is 2. The average Bonchev–Trinajstić information content (AvgIpc) is 2.98. The van der Waals surface area contributed by atoms with Crippen LogP contribution in [0.15, 0.2) is 6.07 Å². The minimum Gasteiger partial charge on any atom is -0.477 e. The van der Waals surface area contributed by atoms with Crippen LogP contribution in [0.3, 0.4) is 0 Å². The van der Waals surface area contributed by atoms with E-state index in [1.807, 2.05) is 0 Å². The van der Waals surface area contributed by atoms with Gasteiger partial charge in [-0.3, -0.25) is 0 Å². The van der Waals surface area contributed by atoms with Gasteiger partial charge < -0.3 is 5.11 Å². The van der Waals surface area contributed by atoms with Crippen molar-refractivity contribution in [2.45, 2.75) is 24.9 Å². The van der Waals surface area contributed by atoms with E-state index in [1.54, 1.807) is 0 Å². The molecule has 1 heterocycles. The average molecular weight is 232 g/mol. The number of hydrogen-bond acceptors (Lipinski definition) is 3. The molecule has 1 N–H and O–H groups in total. The van der Waals surface area contributed by atoms with Crippen LogP contribution < -0.4 is 0 Å². The molecule has 0 unspecified atom stereocenters. The first kappa shape index (κ1) is 10.8. The van der Waals surface area contributed by atoms with E-state index in [0.717, 1.165) is 0 Å². The van der Waals surface area contributed by atoms with E-state index < -0.39 is 23.5 Å². The monoisotopic (exact) mass is 232 g/mol. The molecule has 1 fully saturated rings. The van der Waals surface area contributed by atoms with Gasteiger partial charge in [0, 0.05) is 12.0 Å². The summed E-state index contributed by atoms with van der Waals surface area (Å²) in [6.07, 6.45) is -3.22. The van der Waals surface area contributed by atoms with Gasteiger partial charge in [0.1, 0.15) is 11.5 Å². The highest BCUT2D eigenvalue weighted by molar-refractivity contribution is 5.85. The fourth-order valence-corrected chi connectivity index (χ4v) is 1.24. The molecule has 2 rings (SSSR count). The number of nitrogens with zero attached hydrogens (tertiary/aromatic N) is 2. The van der Waals surface area contributed by atoms with Crippen molar-refractivity contribution in [2.75, 3.05) is 0 Å². The summed E-state index contributed by atoms with van der Waals surface area (Å²) in [5, 5.41) is 8.64. The van der Waals surface area contributed by atoms with Gasteiger partial charge in [0.2, 0.25) is 0 Å². The topological polar surface area (TPSA) is 63.1 Å². The summed E-state index contributed by atoms with van der Waals surface area (Å²) < 4.78 is 37.2. The second-order valence-corrected chi connectivity index (χ2v) is 3.57. The van der Waals surface area contributed by atoms with Crippen LogP contribution in [0.5, 0.6) is 0 Å². The van der Waals surface area contributed by atoms with Crippen molar-refractivity contribution < 1.29 is 23.1 Å². The lowest BCUT2D eigenvalue weighted by molar-refractivity contribution is -0.141. The SMILES string of the molecule is O=C(O)c1cc(C(F)(F)F)nc(C2CC2)n1. The molecule has 0 aliphatic heterocycles. The van der Waals surface area contributed by atoms with Crippen LogP contribution in [0, 0.1) is 0 Å². The Labute approximate surface area is 88.1 Å². The van der Waals surface area contributed by atoms with Gasteiger partial charge in [-0.2, -0.15) is 13.2 Å². The van der Waals surface area contributed by atoms with Gasteiger partial charge in [-0.25, -0.2) is 14.8 Å². The van der Waals surface area contributed by atoms with Gasteiger partial charge in [0.25, 0.3) is 0 Å². The summed E-state index contributed by atoms with van der Waals surface area (Å²) in [6.45, 7) is 0. The fourth-order valence-electron chi connectivity index (χ4n) is 1.24. The number of carboxylic acid groups (broad SMARTS) is 1. The molecular formula is C9H7F3N2O2. The van der Waals surface area contributed by atoms with Gasteiger partial charge in [-0.1, -0.05) is 0 Å². The predicted octanol–water partition coefficient (Wildman–Crippen LogP) is 2.07. The molecule has 0 bridgehead atoms. The van der Waals surface area contributed by atoms with E-state index in [4.69, 9.17) is 5.11 Å². The quantitative estimate of drug-likeness (QED) is 0.847. The van der Waals surface area contributed by atoms with Crippen LogP contribution >= 0.6 is 0 Å². The van der Waals surface area contributed by atoms with E-state index in [9.17, 15) is 18.0 Å². The molecule has 1 aromatic heterocycles. The maximum absolute atomic E-state index is 12.4. The fraction of sp³-hybridized carbons (Fsp3) is 0.444. The minimum atomic E-state index is -4.64. The minimum absolute atomic E-state index is 0.0211. The second-order valence-electron chi connectivity index (χ2n) is 3.57. The molecule has 86 valence electrons. The lowest BCUT2D eigenvalue weighted by atomic mass is 10.3. The maximum Gasteiger partial charge on any atom is 0.433 e. The molecular weight excluding hydrogens is 225 g/mol. The molecule has 1 saturated carbocycles. The molecule has 1 aliphatic carbocycles. The van der Waals surface area contributed by atoms with Crippen molar-refractivity contribution in [3.8, 4) is 0 Å². The number of hydrogen-bond donors (Lipinski definition) is 1. The third kappa shape index (κ3) is 2.12. The zero-order valence-corrected chi connectivity index (χ0v) is 7.95. The lowest BCUT2D eigenvalue weighted by Crippen LogP contribution is -2.14. The van der Waals surface area contributed by atoms with Crippen molar-refractivity contribution in [1.29, 1.82) is 0 Å². The summed E-state index contributed by atoms with van der Waals surface area (Å²) in [5.74, 6) is -1.62. The Morgan fingerprint density at radius 2 is 2.00 bits per heavy atom. The largest absolute Gasteiger partial charge is 0.477 e. The number of carbonyl (C=O) groups is 1. The van der Waals surface area contributed by atoms with Crippen molar-refractivity contribution in [2.24, 2.45) is 0 Å². The summed E-state index contributed by atoms with van der Waals surface area (Å²) >= 11 is 0. The van der Waals surface area contributed by atoms with Crippen LogP contribution in [0.4, 0.5) is 13.2 Å². The first-order valence-corrected chi connectivity index (χ1v) is 4.57. The molecule has 1 aliphatic rings. The first-order valence-electron chi connectivity index (χ1n) is 4.57. The number of carboxylic acids is 1. The number of halogens is 3. The summed E-state index contributed by atoms with van der Waals surface area (Å²) in [7, 11) is 0. The van der Waals surface area contributed by atoms with Gasteiger partial charge in [0.05, 0.1) is 0 Å². The van der Waals surface area contributed by atoms with Crippen molar-refractivity contribution in [1.82, 2.24) is 9.97 Å². The second kappa shape index (κ2) is 3.43. The van der Waals surface area contributed by atoms with E-state index in [2.05, 4.69) is 9.97 Å². The zero-order chi connectivity index (χ0) is 11.9.